The first kappa shape index (κ1) is 14.5. The van der Waals surface area contributed by atoms with Crippen LogP contribution >= 0.6 is 11.3 Å². The van der Waals surface area contributed by atoms with E-state index in [2.05, 4.69) is 4.74 Å². The Bertz CT molecular complexity index is 667. The summed E-state index contributed by atoms with van der Waals surface area (Å²) in [7, 11) is 1.25. The first-order valence-electron chi connectivity index (χ1n) is 5.94. The lowest BCUT2D eigenvalue weighted by Gasteiger charge is -2.06. The van der Waals surface area contributed by atoms with Crippen LogP contribution in [0.25, 0.3) is 11.1 Å². The van der Waals surface area contributed by atoms with E-state index in [0.29, 0.717) is 16.9 Å². The van der Waals surface area contributed by atoms with Gasteiger partial charge in [-0.05, 0) is 24.6 Å². The van der Waals surface area contributed by atoms with Crippen molar-refractivity contribution in [2.24, 2.45) is 0 Å². The normalized spacial score (nSPS) is 10.6. The number of aryl methyl sites for hydroxylation is 1. The van der Waals surface area contributed by atoms with E-state index in [-0.39, 0.29) is 16.1 Å². The molecule has 1 heterocycles. The molecule has 2 aromatic rings. The van der Waals surface area contributed by atoms with Crippen molar-refractivity contribution in [1.82, 2.24) is 0 Å². The Labute approximate surface area is 119 Å². The molecule has 0 atom stereocenters. The Hall–Kier alpha value is -1.95. The van der Waals surface area contributed by atoms with Crippen LogP contribution in [0.15, 0.2) is 18.2 Å². The smallest absolute Gasteiger partial charge is 0.350 e. The lowest BCUT2D eigenvalue weighted by molar-refractivity contribution is 0.0607. The minimum Gasteiger partial charge on any atom is -0.465 e. The summed E-state index contributed by atoms with van der Waals surface area (Å²) in [6, 6.07) is 3.15. The van der Waals surface area contributed by atoms with Gasteiger partial charge in [0, 0.05) is 16.0 Å². The van der Waals surface area contributed by atoms with Gasteiger partial charge in [0.05, 0.1) is 12.8 Å². The molecule has 0 amide bonds. The molecule has 0 aliphatic rings. The summed E-state index contributed by atoms with van der Waals surface area (Å²) in [6.45, 7) is 1.85. The van der Waals surface area contributed by atoms with Crippen LogP contribution in [0.4, 0.5) is 14.5 Å². The van der Waals surface area contributed by atoms with Crippen molar-refractivity contribution < 1.29 is 18.3 Å². The first-order valence-corrected chi connectivity index (χ1v) is 6.76. The quantitative estimate of drug-likeness (QED) is 0.880. The molecule has 0 saturated heterocycles. The molecular weight excluding hydrogens is 284 g/mol. The lowest BCUT2D eigenvalue weighted by Crippen LogP contribution is -2.02. The number of carbonyl (C=O) groups is 1. The van der Waals surface area contributed by atoms with Crippen molar-refractivity contribution in [3.8, 4) is 11.1 Å². The largest absolute Gasteiger partial charge is 0.465 e. The number of hydrogen-bond donors (Lipinski definition) is 1. The number of nitrogens with two attached hydrogens (primary N) is 1. The van der Waals surface area contributed by atoms with Gasteiger partial charge in [0.1, 0.15) is 16.5 Å². The number of rotatable bonds is 3. The second kappa shape index (κ2) is 5.58. The summed E-state index contributed by atoms with van der Waals surface area (Å²) >= 11 is 1.14. The van der Waals surface area contributed by atoms with Gasteiger partial charge in [-0.2, -0.15) is 0 Å². The number of hydrogen-bond acceptors (Lipinski definition) is 4. The van der Waals surface area contributed by atoms with Gasteiger partial charge in [0.2, 0.25) is 0 Å². The fraction of sp³-hybridized carbons (Fsp3) is 0.214. The van der Waals surface area contributed by atoms with Crippen LogP contribution < -0.4 is 5.73 Å². The Morgan fingerprint density at radius 3 is 2.70 bits per heavy atom. The summed E-state index contributed by atoms with van der Waals surface area (Å²) in [5.74, 6) is -1.72. The third-order valence-electron chi connectivity index (χ3n) is 2.91. The molecule has 0 radical (unpaired) electrons. The summed E-state index contributed by atoms with van der Waals surface area (Å²) in [6.07, 6.45) is 0.553. The van der Waals surface area contributed by atoms with Crippen molar-refractivity contribution >= 4 is 23.0 Å². The highest BCUT2D eigenvalue weighted by molar-refractivity contribution is 7.15. The molecule has 106 valence electrons. The maximum absolute atomic E-state index is 13.9. The highest BCUT2D eigenvalue weighted by Gasteiger charge is 2.23. The van der Waals surface area contributed by atoms with Gasteiger partial charge in [-0.1, -0.05) is 6.92 Å². The van der Waals surface area contributed by atoms with Crippen LogP contribution in [0.1, 0.15) is 21.5 Å². The topological polar surface area (TPSA) is 52.3 Å². The van der Waals surface area contributed by atoms with Gasteiger partial charge >= 0.3 is 5.97 Å². The molecule has 0 saturated carbocycles. The SMILES string of the molecule is CCc1sc(C(=O)OC)c(N)c1-c1cc(F)ccc1F. The van der Waals surface area contributed by atoms with E-state index in [9.17, 15) is 13.6 Å². The number of nitrogen functional groups attached to an aromatic ring is 1. The van der Waals surface area contributed by atoms with E-state index in [1.54, 1.807) is 0 Å². The molecule has 3 nitrogen and oxygen atoms in total. The number of benzene rings is 1. The second-order valence-corrected chi connectivity index (χ2v) is 5.22. The average molecular weight is 297 g/mol. The Morgan fingerprint density at radius 1 is 1.40 bits per heavy atom. The number of halogens is 2. The molecule has 0 bridgehead atoms. The van der Waals surface area contributed by atoms with Gasteiger partial charge in [-0.3, -0.25) is 0 Å². The highest BCUT2D eigenvalue weighted by atomic mass is 32.1. The number of anilines is 1. The van der Waals surface area contributed by atoms with E-state index in [0.717, 1.165) is 29.5 Å². The van der Waals surface area contributed by atoms with Crippen LogP contribution in [-0.2, 0) is 11.2 Å². The average Bonchev–Trinajstić information content (AvgIpc) is 2.77. The number of esters is 1. The highest BCUT2D eigenvalue weighted by Crippen LogP contribution is 2.40. The third-order valence-corrected chi connectivity index (χ3v) is 4.24. The summed E-state index contributed by atoms with van der Waals surface area (Å²) in [4.78, 5) is 12.6. The van der Waals surface area contributed by atoms with Gasteiger partial charge in [-0.25, -0.2) is 13.6 Å². The van der Waals surface area contributed by atoms with E-state index >= 15 is 0 Å². The second-order valence-electron chi connectivity index (χ2n) is 4.11. The molecule has 6 heteroatoms. The Kier molecular flexibility index (Phi) is 4.04. The van der Waals surface area contributed by atoms with Crippen molar-refractivity contribution in [3.05, 3.63) is 39.6 Å². The first-order chi connectivity index (χ1) is 9.49. The molecule has 0 spiro atoms. The fourth-order valence-corrected chi connectivity index (χ4v) is 3.06. The van der Waals surface area contributed by atoms with Crippen molar-refractivity contribution in [2.75, 3.05) is 12.8 Å². The molecule has 2 N–H and O–H groups in total. The molecule has 1 aromatic heterocycles. The Balaban J connectivity index is 2.70. The third kappa shape index (κ3) is 2.38. The van der Waals surface area contributed by atoms with E-state index in [4.69, 9.17) is 5.73 Å². The molecule has 1 aromatic carbocycles. The van der Waals surface area contributed by atoms with Crippen LogP contribution in [-0.4, -0.2) is 13.1 Å². The van der Waals surface area contributed by atoms with Crippen molar-refractivity contribution in [2.45, 2.75) is 13.3 Å². The molecule has 0 aliphatic heterocycles. The molecule has 0 unspecified atom stereocenters. The van der Waals surface area contributed by atoms with Crippen LogP contribution in [0.5, 0.6) is 0 Å². The van der Waals surface area contributed by atoms with Crippen LogP contribution in [0.3, 0.4) is 0 Å². The van der Waals surface area contributed by atoms with Gasteiger partial charge in [0.15, 0.2) is 0 Å². The zero-order valence-electron chi connectivity index (χ0n) is 11.0. The standard InChI is InChI=1S/C14H13F2NO2S/c1-3-10-11(8-6-7(15)4-5-9(8)16)12(17)13(20-10)14(18)19-2/h4-6H,3,17H2,1-2H3. The summed E-state index contributed by atoms with van der Waals surface area (Å²) in [5, 5.41) is 0. The summed E-state index contributed by atoms with van der Waals surface area (Å²) in [5.41, 5.74) is 6.49. The predicted octanol–water partition coefficient (Wildman–Crippen LogP) is 3.62. The zero-order chi connectivity index (χ0) is 14.9. The number of methoxy groups -OCH3 is 1. The maximum atomic E-state index is 13.9. The molecule has 0 aliphatic carbocycles. The molecule has 0 fully saturated rings. The molecule has 20 heavy (non-hydrogen) atoms. The van der Waals surface area contributed by atoms with E-state index in [1.165, 1.54) is 7.11 Å². The number of carbonyl (C=O) groups excluding carboxylic acids is 1. The molecular formula is C14H13F2NO2S. The van der Waals surface area contributed by atoms with Gasteiger partial charge in [-0.15, -0.1) is 11.3 Å². The minimum atomic E-state index is -0.581. The minimum absolute atomic E-state index is 0.0609. The predicted molar refractivity (Wildman–Crippen MR) is 74.8 cm³/mol. The number of thiophene rings is 1. The number of ether oxygens (including phenoxy) is 1. The monoisotopic (exact) mass is 297 g/mol. The van der Waals surface area contributed by atoms with Crippen LogP contribution in [0.2, 0.25) is 0 Å². The van der Waals surface area contributed by atoms with E-state index < -0.39 is 17.6 Å². The van der Waals surface area contributed by atoms with Crippen LogP contribution in [0, 0.1) is 11.6 Å². The van der Waals surface area contributed by atoms with E-state index in [1.807, 2.05) is 6.92 Å². The van der Waals surface area contributed by atoms with Crippen molar-refractivity contribution in [3.63, 3.8) is 0 Å². The summed E-state index contributed by atoms with van der Waals surface area (Å²) < 4.78 is 31.9. The molecule has 2 rings (SSSR count). The van der Waals surface area contributed by atoms with Crippen molar-refractivity contribution in [1.29, 1.82) is 0 Å². The maximum Gasteiger partial charge on any atom is 0.350 e. The Morgan fingerprint density at radius 2 is 2.10 bits per heavy atom. The fourth-order valence-electron chi connectivity index (χ4n) is 1.97. The van der Waals surface area contributed by atoms with Gasteiger partial charge in [0.25, 0.3) is 0 Å². The van der Waals surface area contributed by atoms with Gasteiger partial charge < -0.3 is 10.5 Å². The zero-order valence-corrected chi connectivity index (χ0v) is 11.8. The lowest BCUT2D eigenvalue weighted by atomic mass is 10.0.